The second-order valence-electron chi connectivity index (χ2n) is 5.60. The zero-order valence-corrected chi connectivity index (χ0v) is 12.5. The molecule has 0 spiro atoms. The summed E-state index contributed by atoms with van der Waals surface area (Å²) >= 11 is 0. The number of phenols is 1. The molecule has 1 aliphatic heterocycles. The second kappa shape index (κ2) is 6.62. The Labute approximate surface area is 130 Å². The molecule has 22 heavy (non-hydrogen) atoms. The van der Waals surface area contributed by atoms with Gasteiger partial charge in [-0.15, -0.1) is 0 Å². The maximum atomic E-state index is 12.4. The molecule has 1 fully saturated rings. The van der Waals surface area contributed by atoms with Crippen LogP contribution in [0.3, 0.4) is 0 Å². The first kappa shape index (κ1) is 14.6. The molecule has 1 heterocycles. The molecule has 0 bridgehead atoms. The highest BCUT2D eigenvalue weighted by molar-refractivity contribution is 5.94. The Morgan fingerprint density at radius 1 is 0.909 bits per heavy atom. The highest BCUT2D eigenvalue weighted by Crippen LogP contribution is 2.14. The van der Waals surface area contributed by atoms with Gasteiger partial charge in [-0.05, 0) is 29.8 Å². The van der Waals surface area contributed by atoms with Crippen molar-refractivity contribution in [2.75, 3.05) is 26.2 Å². The van der Waals surface area contributed by atoms with E-state index in [0.717, 1.165) is 32.7 Å². The van der Waals surface area contributed by atoms with E-state index in [1.54, 1.807) is 24.3 Å². The molecule has 1 saturated heterocycles. The van der Waals surface area contributed by atoms with Gasteiger partial charge < -0.3 is 10.0 Å². The van der Waals surface area contributed by atoms with Gasteiger partial charge in [0.25, 0.3) is 5.91 Å². The van der Waals surface area contributed by atoms with E-state index in [0.29, 0.717) is 5.56 Å². The number of aromatic hydroxyl groups is 1. The van der Waals surface area contributed by atoms with Crippen molar-refractivity contribution in [1.82, 2.24) is 9.80 Å². The molecule has 0 aromatic heterocycles. The van der Waals surface area contributed by atoms with Crippen LogP contribution in [0.5, 0.6) is 5.75 Å². The number of piperazine rings is 1. The Morgan fingerprint density at radius 2 is 1.55 bits per heavy atom. The van der Waals surface area contributed by atoms with Crippen molar-refractivity contribution in [2.45, 2.75) is 6.54 Å². The van der Waals surface area contributed by atoms with Crippen LogP contribution in [0.25, 0.3) is 0 Å². The SMILES string of the molecule is O=C(c1ccc(O)cc1)N1CCN(Cc2ccccc2)CC1. The molecule has 4 heteroatoms. The number of amides is 1. The fourth-order valence-electron chi connectivity index (χ4n) is 2.74. The Balaban J connectivity index is 1.55. The van der Waals surface area contributed by atoms with Gasteiger partial charge in [0.15, 0.2) is 0 Å². The van der Waals surface area contributed by atoms with E-state index < -0.39 is 0 Å². The Hall–Kier alpha value is -2.33. The Morgan fingerprint density at radius 3 is 2.18 bits per heavy atom. The van der Waals surface area contributed by atoms with Crippen LogP contribution in [-0.4, -0.2) is 47.0 Å². The number of nitrogens with zero attached hydrogens (tertiary/aromatic N) is 2. The van der Waals surface area contributed by atoms with Crippen molar-refractivity contribution >= 4 is 5.91 Å². The first-order valence-electron chi connectivity index (χ1n) is 7.57. The Kier molecular flexibility index (Phi) is 4.39. The summed E-state index contributed by atoms with van der Waals surface area (Å²) in [6.45, 7) is 4.19. The van der Waals surface area contributed by atoms with E-state index in [1.165, 1.54) is 5.56 Å². The molecular weight excluding hydrogens is 276 g/mol. The van der Waals surface area contributed by atoms with E-state index in [9.17, 15) is 9.90 Å². The van der Waals surface area contributed by atoms with Gasteiger partial charge in [0.2, 0.25) is 0 Å². The van der Waals surface area contributed by atoms with Crippen molar-refractivity contribution in [2.24, 2.45) is 0 Å². The molecule has 0 atom stereocenters. The summed E-state index contributed by atoms with van der Waals surface area (Å²) in [5, 5.41) is 9.29. The molecule has 114 valence electrons. The third kappa shape index (κ3) is 3.46. The minimum absolute atomic E-state index is 0.0411. The summed E-state index contributed by atoms with van der Waals surface area (Å²) < 4.78 is 0. The lowest BCUT2D eigenvalue weighted by Crippen LogP contribution is -2.48. The number of hydrogen-bond donors (Lipinski definition) is 1. The molecule has 0 unspecified atom stereocenters. The van der Waals surface area contributed by atoms with Crippen LogP contribution in [0, 0.1) is 0 Å². The normalized spacial score (nSPS) is 15.7. The fourth-order valence-corrected chi connectivity index (χ4v) is 2.74. The third-order valence-electron chi connectivity index (χ3n) is 4.02. The van der Waals surface area contributed by atoms with E-state index in [1.807, 2.05) is 11.0 Å². The van der Waals surface area contributed by atoms with Crippen LogP contribution in [-0.2, 0) is 6.54 Å². The minimum Gasteiger partial charge on any atom is -0.508 e. The standard InChI is InChI=1S/C18H20N2O2/c21-17-8-6-16(7-9-17)18(22)20-12-10-19(11-13-20)14-15-4-2-1-3-5-15/h1-9,21H,10-14H2. The van der Waals surface area contributed by atoms with Gasteiger partial charge >= 0.3 is 0 Å². The highest BCUT2D eigenvalue weighted by atomic mass is 16.3. The van der Waals surface area contributed by atoms with E-state index >= 15 is 0 Å². The van der Waals surface area contributed by atoms with Gasteiger partial charge in [-0.25, -0.2) is 0 Å². The van der Waals surface area contributed by atoms with Gasteiger partial charge in [-0.2, -0.15) is 0 Å². The minimum atomic E-state index is 0.0411. The van der Waals surface area contributed by atoms with Crippen molar-refractivity contribution in [3.63, 3.8) is 0 Å². The van der Waals surface area contributed by atoms with E-state index in [2.05, 4.69) is 29.2 Å². The number of benzene rings is 2. The molecule has 1 N–H and O–H groups in total. The second-order valence-corrected chi connectivity index (χ2v) is 5.60. The van der Waals surface area contributed by atoms with Crippen LogP contribution < -0.4 is 0 Å². The lowest BCUT2D eigenvalue weighted by molar-refractivity contribution is 0.0628. The smallest absolute Gasteiger partial charge is 0.253 e. The highest BCUT2D eigenvalue weighted by Gasteiger charge is 2.22. The van der Waals surface area contributed by atoms with Crippen molar-refractivity contribution in [3.05, 3.63) is 65.7 Å². The van der Waals surface area contributed by atoms with Gasteiger partial charge in [0.05, 0.1) is 0 Å². The zero-order chi connectivity index (χ0) is 15.4. The monoisotopic (exact) mass is 296 g/mol. The van der Waals surface area contributed by atoms with Crippen LogP contribution in [0.15, 0.2) is 54.6 Å². The summed E-state index contributed by atoms with van der Waals surface area (Å²) in [4.78, 5) is 16.7. The molecule has 2 aromatic rings. The van der Waals surface area contributed by atoms with Crippen LogP contribution in [0.4, 0.5) is 0 Å². The fraction of sp³-hybridized carbons (Fsp3) is 0.278. The zero-order valence-electron chi connectivity index (χ0n) is 12.5. The maximum absolute atomic E-state index is 12.4. The summed E-state index contributed by atoms with van der Waals surface area (Å²) in [5.41, 5.74) is 1.94. The van der Waals surface area contributed by atoms with Gasteiger partial charge in [0.1, 0.15) is 5.75 Å². The molecule has 3 rings (SSSR count). The lowest BCUT2D eigenvalue weighted by atomic mass is 10.1. The maximum Gasteiger partial charge on any atom is 0.253 e. The van der Waals surface area contributed by atoms with Crippen molar-refractivity contribution in [1.29, 1.82) is 0 Å². The summed E-state index contributed by atoms with van der Waals surface area (Å²) in [5.74, 6) is 0.226. The molecule has 0 radical (unpaired) electrons. The summed E-state index contributed by atoms with van der Waals surface area (Å²) in [6, 6.07) is 16.9. The molecule has 4 nitrogen and oxygen atoms in total. The van der Waals surface area contributed by atoms with Crippen molar-refractivity contribution < 1.29 is 9.90 Å². The topological polar surface area (TPSA) is 43.8 Å². The molecule has 1 amide bonds. The average Bonchev–Trinajstić information content (AvgIpc) is 2.57. The molecular formula is C18H20N2O2. The van der Waals surface area contributed by atoms with Crippen LogP contribution in [0.2, 0.25) is 0 Å². The molecule has 0 saturated carbocycles. The average molecular weight is 296 g/mol. The largest absolute Gasteiger partial charge is 0.508 e. The number of carbonyl (C=O) groups is 1. The van der Waals surface area contributed by atoms with E-state index in [4.69, 9.17) is 0 Å². The van der Waals surface area contributed by atoms with Crippen molar-refractivity contribution in [3.8, 4) is 5.75 Å². The lowest BCUT2D eigenvalue weighted by Gasteiger charge is -2.34. The van der Waals surface area contributed by atoms with Crippen LogP contribution >= 0.6 is 0 Å². The quantitative estimate of drug-likeness (QED) is 0.945. The predicted molar refractivity (Wildman–Crippen MR) is 85.7 cm³/mol. The number of carbonyl (C=O) groups excluding carboxylic acids is 1. The third-order valence-corrected chi connectivity index (χ3v) is 4.02. The predicted octanol–water partition coefficient (Wildman–Crippen LogP) is 2.35. The first-order valence-corrected chi connectivity index (χ1v) is 7.57. The van der Waals surface area contributed by atoms with Gasteiger partial charge in [-0.1, -0.05) is 30.3 Å². The Bertz CT molecular complexity index is 617. The van der Waals surface area contributed by atoms with E-state index in [-0.39, 0.29) is 11.7 Å². The van der Waals surface area contributed by atoms with Gasteiger partial charge in [-0.3, -0.25) is 9.69 Å². The van der Waals surface area contributed by atoms with Crippen LogP contribution in [0.1, 0.15) is 15.9 Å². The van der Waals surface area contributed by atoms with Gasteiger partial charge in [0, 0.05) is 38.3 Å². The summed E-state index contributed by atoms with van der Waals surface area (Å²) in [7, 11) is 0. The number of hydrogen-bond acceptors (Lipinski definition) is 3. The molecule has 2 aromatic carbocycles. The molecule has 1 aliphatic rings. The molecule has 0 aliphatic carbocycles. The first-order chi connectivity index (χ1) is 10.7. The number of phenolic OH excluding ortho intramolecular Hbond substituents is 1. The summed E-state index contributed by atoms with van der Waals surface area (Å²) in [6.07, 6.45) is 0. The number of rotatable bonds is 3.